The predicted octanol–water partition coefficient (Wildman–Crippen LogP) is 3.61. The van der Waals surface area contributed by atoms with Crippen LogP contribution in [0.4, 0.5) is 0 Å². The van der Waals surface area contributed by atoms with E-state index in [2.05, 4.69) is 18.2 Å². The van der Waals surface area contributed by atoms with Gasteiger partial charge in [0.05, 0.1) is 6.10 Å². The van der Waals surface area contributed by atoms with Gasteiger partial charge in [-0.3, -0.25) is 0 Å². The Kier molecular flexibility index (Phi) is 6.34. The first kappa shape index (κ1) is 19.9. The first-order chi connectivity index (χ1) is 13.7. The number of para-hydroxylation sites is 1. The van der Waals surface area contributed by atoms with E-state index >= 15 is 0 Å². The molecule has 5 heteroatoms. The molecule has 2 unspecified atom stereocenters. The second kappa shape index (κ2) is 8.93. The summed E-state index contributed by atoms with van der Waals surface area (Å²) in [6.45, 7) is 3.46. The highest BCUT2D eigenvalue weighted by atomic mass is 16.7. The maximum atomic E-state index is 11.3. The highest BCUT2D eigenvalue weighted by Crippen LogP contribution is 2.53. The minimum absolute atomic E-state index is 0.00895. The molecule has 5 nitrogen and oxygen atoms in total. The minimum atomic E-state index is -0.467. The van der Waals surface area contributed by atoms with Gasteiger partial charge < -0.3 is 24.1 Å². The molecule has 28 heavy (non-hydrogen) atoms. The Hall–Kier alpha value is -1.43. The molecule has 2 fully saturated rings. The lowest BCUT2D eigenvalue weighted by Gasteiger charge is -2.23. The molecule has 1 saturated carbocycles. The summed E-state index contributed by atoms with van der Waals surface area (Å²) in [6.07, 6.45) is 7.42. The van der Waals surface area contributed by atoms with Gasteiger partial charge in [0.25, 0.3) is 0 Å². The fourth-order valence-electron chi connectivity index (χ4n) is 5.16. The number of fused-ring (bicyclic) bond motifs is 3. The van der Waals surface area contributed by atoms with Crippen molar-refractivity contribution in [3.8, 4) is 5.75 Å². The van der Waals surface area contributed by atoms with Crippen LogP contribution in [-0.2, 0) is 20.7 Å². The third kappa shape index (κ3) is 3.98. The fraction of sp³-hybridized carbons (Fsp3) is 0.696. The van der Waals surface area contributed by atoms with Crippen molar-refractivity contribution >= 4 is 6.29 Å². The minimum Gasteiger partial charge on any atom is -0.489 e. The van der Waals surface area contributed by atoms with Crippen LogP contribution in [0.5, 0.6) is 5.75 Å². The standard InChI is InChI=1S/C23H32O5/c1-15(14-24)21-18(25)13-19-22(21)17-9-6-8-16(23(17)28-19)7-2-4-11-26-20-10-3-5-12-27-20/h6,8-9,14-15,18-22,25H,2-5,7,10-13H2,1H3/t15?,18-,19+,20?,21+,22+/m0/s1. The molecule has 0 spiro atoms. The number of aldehydes is 1. The molecule has 0 amide bonds. The summed E-state index contributed by atoms with van der Waals surface area (Å²) < 4.78 is 17.7. The number of benzene rings is 1. The van der Waals surface area contributed by atoms with E-state index < -0.39 is 6.10 Å². The number of carbonyl (C=O) groups excluding carboxylic acids is 1. The van der Waals surface area contributed by atoms with Gasteiger partial charge in [0.15, 0.2) is 6.29 Å². The van der Waals surface area contributed by atoms with Crippen molar-refractivity contribution in [2.45, 2.75) is 76.3 Å². The molecule has 1 aliphatic carbocycles. The lowest BCUT2D eigenvalue weighted by atomic mass is 9.80. The van der Waals surface area contributed by atoms with Crippen LogP contribution in [0.1, 0.15) is 62.5 Å². The van der Waals surface area contributed by atoms with Gasteiger partial charge in [-0.2, -0.15) is 0 Å². The smallest absolute Gasteiger partial charge is 0.157 e. The van der Waals surface area contributed by atoms with Crippen LogP contribution < -0.4 is 4.74 Å². The monoisotopic (exact) mass is 388 g/mol. The van der Waals surface area contributed by atoms with Gasteiger partial charge in [-0.25, -0.2) is 0 Å². The average Bonchev–Trinajstić information content (AvgIpc) is 3.23. The number of hydrogen-bond acceptors (Lipinski definition) is 5. The molecule has 154 valence electrons. The molecule has 2 heterocycles. The van der Waals surface area contributed by atoms with E-state index in [4.69, 9.17) is 14.2 Å². The van der Waals surface area contributed by atoms with E-state index in [1.165, 1.54) is 17.5 Å². The lowest BCUT2D eigenvalue weighted by Crippen LogP contribution is -2.26. The molecule has 0 radical (unpaired) electrons. The molecular formula is C23H32O5. The maximum Gasteiger partial charge on any atom is 0.157 e. The largest absolute Gasteiger partial charge is 0.489 e. The van der Waals surface area contributed by atoms with E-state index in [1.54, 1.807) is 0 Å². The van der Waals surface area contributed by atoms with Crippen LogP contribution in [0.15, 0.2) is 18.2 Å². The van der Waals surface area contributed by atoms with Crippen LogP contribution in [-0.4, -0.2) is 43.1 Å². The third-order valence-electron chi connectivity index (χ3n) is 6.59. The molecule has 1 saturated heterocycles. The van der Waals surface area contributed by atoms with Crippen molar-refractivity contribution in [3.63, 3.8) is 0 Å². The van der Waals surface area contributed by atoms with Crippen molar-refractivity contribution < 1.29 is 24.1 Å². The van der Waals surface area contributed by atoms with Crippen molar-refractivity contribution in [2.75, 3.05) is 13.2 Å². The second-order valence-corrected chi connectivity index (χ2v) is 8.52. The van der Waals surface area contributed by atoms with Crippen molar-refractivity contribution in [1.29, 1.82) is 0 Å². The molecular weight excluding hydrogens is 356 g/mol. The molecule has 1 aromatic rings. The summed E-state index contributed by atoms with van der Waals surface area (Å²) >= 11 is 0. The third-order valence-corrected chi connectivity index (χ3v) is 6.59. The molecule has 1 aromatic carbocycles. The van der Waals surface area contributed by atoms with E-state index in [9.17, 15) is 9.90 Å². The Labute approximate surface area is 167 Å². The zero-order valence-electron chi connectivity index (χ0n) is 16.7. The summed E-state index contributed by atoms with van der Waals surface area (Å²) in [7, 11) is 0. The van der Waals surface area contributed by atoms with Crippen molar-refractivity contribution in [2.24, 2.45) is 11.8 Å². The topological polar surface area (TPSA) is 65.0 Å². The highest BCUT2D eigenvalue weighted by molar-refractivity contribution is 5.56. The number of aliphatic hydroxyl groups is 1. The summed E-state index contributed by atoms with van der Waals surface area (Å²) in [5.74, 6) is 0.895. The number of aliphatic hydroxyl groups excluding tert-OH is 1. The molecule has 4 rings (SSSR count). The first-order valence-corrected chi connectivity index (χ1v) is 10.8. The molecule has 6 atom stereocenters. The van der Waals surface area contributed by atoms with Gasteiger partial charge in [0.2, 0.25) is 0 Å². The maximum absolute atomic E-state index is 11.3. The van der Waals surface area contributed by atoms with Crippen LogP contribution in [0, 0.1) is 11.8 Å². The summed E-state index contributed by atoms with van der Waals surface area (Å²) in [4.78, 5) is 11.3. The van der Waals surface area contributed by atoms with Gasteiger partial charge in [-0.05, 0) is 44.1 Å². The van der Waals surface area contributed by atoms with Crippen LogP contribution in [0.3, 0.4) is 0 Å². The zero-order valence-corrected chi connectivity index (χ0v) is 16.7. The van der Waals surface area contributed by atoms with Crippen LogP contribution in [0.25, 0.3) is 0 Å². The highest BCUT2D eigenvalue weighted by Gasteiger charge is 2.51. The molecule has 0 bridgehead atoms. The first-order valence-electron chi connectivity index (χ1n) is 10.8. The summed E-state index contributed by atoms with van der Waals surface area (Å²) in [5, 5.41) is 10.4. The number of rotatable bonds is 8. The number of hydrogen-bond donors (Lipinski definition) is 1. The molecule has 0 aromatic heterocycles. The average molecular weight is 389 g/mol. The number of unbranched alkanes of at least 4 members (excludes halogenated alkanes) is 1. The van der Waals surface area contributed by atoms with E-state index in [1.807, 2.05) is 6.92 Å². The van der Waals surface area contributed by atoms with E-state index in [0.29, 0.717) is 6.42 Å². The SMILES string of the molecule is CC(C=O)[C@H]1[C@@H]2c3cccc(CCCCOC4CCCCO4)c3O[C@@H]2C[C@@H]1O. The predicted molar refractivity (Wildman–Crippen MR) is 105 cm³/mol. The Bertz CT molecular complexity index is 669. The molecule has 2 aliphatic heterocycles. The van der Waals surface area contributed by atoms with Gasteiger partial charge in [0.1, 0.15) is 18.1 Å². The molecule has 1 N–H and O–H groups in total. The van der Waals surface area contributed by atoms with Crippen molar-refractivity contribution in [1.82, 2.24) is 0 Å². The quantitative estimate of drug-likeness (QED) is 0.544. The Balaban J connectivity index is 1.34. The Morgan fingerprint density at radius 2 is 2.21 bits per heavy atom. The number of carbonyl (C=O) groups is 1. The van der Waals surface area contributed by atoms with Crippen molar-refractivity contribution in [3.05, 3.63) is 29.3 Å². The normalized spacial score (nSPS) is 32.4. The Morgan fingerprint density at radius 3 is 3.00 bits per heavy atom. The molecule has 3 aliphatic rings. The zero-order chi connectivity index (χ0) is 19.5. The van der Waals surface area contributed by atoms with Gasteiger partial charge >= 0.3 is 0 Å². The number of aryl methyl sites for hydroxylation is 1. The summed E-state index contributed by atoms with van der Waals surface area (Å²) in [6, 6.07) is 6.33. The Morgan fingerprint density at radius 1 is 1.32 bits per heavy atom. The number of ether oxygens (including phenoxy) is 3. The second-order valence-electron chi connectivity index (χ2n) is 8.52. The van der Waals surface area contributed by atoms with E-state index in [0.717, 1.165) is 57.4 Å². The van der Waals surface area contributed by atoms with E-state index in [-0.39, 0.29) is 30.1 Å². The van der Waals surface area contributed by atoms with Gasteiger partial charge in [-0.15, -0.1) is 0 Å². The van der Waals surface area contributed by atoms with Gasteiger partial charge in [-0.1, -0.05) is 25.1 Å². The van der Waals surface area contributed by atoms with Crippen LogP contribution >= 0.6 is 0 Å². The van der Waals surface area contributed by atoms with Crippen LogP contribution in [0.2, 0.25) is 0 Å². The summed E-state index contributed by atoms with van der Waals surface area (Å²) in [5.41, 5.74) is 2.40. The van der Waals surface area contributed by atoms with Gasteiger partial charge in [0, 0.05) is 43.0 Å². The fourth-order valence-corrected chi connectivity index (χ4v) is 5.16. The lowest BCUT2D eigenvalue weighted by molar-refractivity contribution is -0.162.